The van der Waals surface area contributed by atoms with Gasteiger partial charge in [-0.15, -0.1) is 11.3 Å². The first-order valence-electron chi connectivity index (χ1n) is 8.95. The zero-order valence-electron chi connectivity index (χ0n) is 15.3. The normalized spacial score (nSPS) is 12.2. The van der Waals surface area contributed by atoms with Crippen molar-refractivity contribution in [1.82, 2.24) is 4.98 Å². The van der Waals surface area contributed by atoms with Crippen molar-refractivity contribution < 1.29 is 14.3 Å². The molecule has 1 aliphatic heterocycles. The molecule has 0 unspecified atom stereocenters. The molecule has 6 nitrogen and oxygen atoms in total. The van der Waals surface area contributed by atoms with Gasteiger partial charge in [0.25, 0.3) is 0 Å². The largest absolute Gasteiger partial charge is 0.493 e. The summed E-state index contributed by atoms with van der Waals surface area (Å²) in [6, 6.07) is 13.3. The maximum absolute atomic E-state index is 12.3. The van der Waals surface area contributed by atoms with E-state index in [1.54, 1.807) is 12.1 Å². The van der Waals surface area contributed by atoms with Crippen LogP contribution in [0, 0.1) is 0 Å². The van der Waals surface area contributed by atoms with Crippen molar-refractivity contribution in [3.8, 4) is 17.0 Å². The molecule has 1 aliphatic rings. The standard InChI is InChI=1S/C21H19N3O3S/c1-13(25)22-17-5-2-14(3-6-17)10-20(26)24-21-23-18(12-28-21)15-4-7-19-16(11-15)8-9-27-19/h2-7,11-12H,8-10H2,1H3,(H,22,25)(H,23,24,26). The number of aromatic nitrogens is 1. The Morgan fingerprint density at radius 1 is 1.14 bits per heavy atom. The average molecular weight is 393 g/mol. The number of hydrogen-bond acceptors (Lipinski definition) is 5. The van der Waals surface area contributed by atoms with Crippen LogP contribution in [0.15, 0.2) is 47.8 Å². The zero-order chi connectivity index (χ0) is 19.5. The van der Waals surface area contributed by atoms with Gasteiger partial charge >= 0.3 is 0 Å². The maximum atomic E-state index is 12.3. The van der Waals surface area contributed by atoms with Gasteiger partial charge < -0.3 is 15.4 Å². The van der Waals surface area contributed by atoms with E-state index in [1.807, 2.05) is 29.6 Å². The van der Waals surface area contributed by atoms with Crippen molar-refractivity contribution in [3.05, 3.63) is 59.0 Å². The number of amides is 2. The number of nitrogens with zero attached hydrogens (tertiary/aromatic N) is 1. The van der Waals surface area contributed by atoms with Crippen molar-refractivity contribution in [2.75, 3.05) is 17.2 Å². The number of hydrogen-bond donors (Lipinski definition) is 2. The fourth-order valence-corrected chi connectivity index (χ4v) is 3.80. The van der Waals surface area contributed by atoms with E-state index in [1.165, 1.54) is 23.8 Å². The molecule has 2 amide bonds. The summed E-state index contributed by atoms with van der Waals surface area (Å²) in [6.45, 7) is 2.18. The molecule has 28 heavy (non-hydrogen) atoms. The molecule has 2 N–H and O–H groups in total. The Bertz CT molecular complexity index is 1030. The van der Waals surface area contributed by atoms with Crippen LogP contribution in [0.4, 0.5) is 10.8 Å². The van der Waals surface area contributed by atoms with Crippen LogP contribution in [0.5, 0.6) is 5.75 Å². The number of ether oxygens (including phenoxy) is 1. The van der Waals surface area contributed by atoms with Gasteiger partial charge in [0.2, 0.25) is 11.8 Å². The molecule has 0 aliphatic carbocycles. The molecule has 1 aromatic heterocycles. The minimum atomic E-state index is -0.129. The first kappa shape index (κ1) is 18.2. The fourth-order valence-electron chi connectivity index (χ4n) is 3.07. The van der Waals surface area contributed by atoms with E-state index in [9.17, 15) is 9.59 Å². The highest BCUT2D eigenvalue weighted by atomic mass is 32.1. The third kappa shape index (κ3) is 4.20. The Kier molecular flexibility index (Phi) is 5.08. The van der Waals surface area contributed by atoms with Crippen LogP contribution in [0.25, 0.3) is 11.3 Å². The van der Waals surface area contributed by atoms with Gasteiger partial charge in [0.05, 0.1) is 18.7 Å². The van der Waals surface area contributed by atoms with Crippen LogP contribution in [0.3, 0.4) is 0 Å². The van der Waals surface area contributed by atoms with Crippen molar-refractivity contribution in [3.63, 3.8) is 0 Å². The molecule has 0 bridgehead atoms. The minimum absolute atomic E-state index is 0.124. The van der Waals surface area contributed by atoms with Crippen LogP contribution >= 0.6 is 11.3 Å². The average Bonchev–Trinajstić information content (AvgIpc) is 3.31. The predicted molar refractivity (Wildman–Crippen MR) is 110 cm³/mol. The van der Waals surface area contributed by atoms with E-state index in [0.29, 0.717) is 10.8 Å². The number of carbonyl (C=O) groups is 2. The third-order valence-electron chi connectivity index (χ3n) is 4.37. The van der Waals surface area contributed by atoms with E-state index < -0.39 is 0 Å². The predicted octanol–water partition coefficient (Wildman–Crippen LogP) is 3.88. The number of benzene rings is 2. The van der Waals surface area contributed by atoms with E-state index in [2.05, 4.69) is 21.7 Å². The molecule has 0 spiro atoms. The van der Waals surface area contributed by atoms with Crippen LogP contribution in [-0.4, -0.2) is 23.4 Å². The van der Waals surface area contributed by atoms with Gasteiger partial charge in [0, 0.05) is 30.0 Å². The van der Waals surface area contributed by atoms with E-state index in [-0.39, 0.29) is 18.2 Å². The molecule has 7 heteroatoms. The summed E-state index contributed by atoms with van der Waals surface area (Å²) in [4.78, 5) is 27.9. The summed E-state index contributed by atoms with van der Waals surface area (Å²) in [7, 11) is 0. The smallest absolute Gasteiger partial charge is 0.230 e. The molecular formula is C21H19N3O3S. The monoisotopic (exact) mass is 393 g/mol. The lowest BCUT2D eigenvalue weighted by molar-refractivity contribution is -0.116. The summed E-state index contributed by atoms with van der Waals surface area (Å²) in [6.07, 6.45) is 1.16. The summed E-state index contributed by atoms with van der Waals surface area (Å²) in [5, 5.41) is 8.07. The van der Waals surface area contributed by atoms with Crippen LogP contribution in [0.2, 0.25) is 0 Å². The van der Waals surface area contributed by atoms with E-state index in [0.717, 1.165) is 35.6 Å². The van der Waals surface area contributed by atoms with E-state index >= 15 is 0 Å². The number of carbonyl (C=O) groups excluding carboxylic acids is 2. The highest BCUT2D eigenvalue weighted by Crippen LogP contribution is 2.31. The van der Waals surface area contributed by atoms with Gasteiger partial charge in [-0.3, -0.25) is 9.59 Å². The van der Waals surface area contributed by atoms with Gasteiger partial charge in [0.15, 0.2) is 5.13 Å². The lowest BCUT2D eigenvalue weighted by Gasteiger charge is -2.05. The molecule has 0 fully saturated rings. The third-order valence-corrected chi connectivity index (χ3v) is 5.13. The Hall–Kier alpha value is -3.19. The molecule has 2 heterocycles. The van der Waals surface area contributed by atoms with Gasteiger partial charge in [0.1, 0.15) is 5.75 Å². The van der Waals surface area contributed by atoms with Crippen LogP contribution < -0.4 is 15.4 Å². The number of fused-ring (bicyclic) bond motifs is 1. The lowest BCUT2D eigenvalue weighted by Crippen LogP contribution is -2.14. The second-order valence-corrected chi connectivity index (χ2v) is 7.42. The van der Waals surface area contributed by atoms with Gasteiger partial charge in [-0.05, 0) is 41.5 Å². The number of rotatable bonds is 5. The van der Waals surface area contributed by atoms with E-state index in [4.69, 9.17) is 4.74 Å². The highest BCUT2D eigenvalue weighted by molar-refractivity contribution is 7.14. The number of nitrogens with one attached hydrogen (secondary N) is 2. The SMILES string of the molecule is CC(=O)Nc1ccc(CC(=O)Nc2nc(-c3ccc4c(c3)CCO4)cs2)cc1. The second kappa shape index (κ2) is 7.82. The molecule has 2 aromatic carbocycles. The van der Waals surface area contributed by atoms with Gasteiger partial charge in [-0.2, -0.15) is 0 Å². The maximum Gasteiger partial charge on any atom is 0.230 e. The van der Waals surface area contributed by atoms with Crippen molar-refractivity contribution in [2.24, 2.45) is 0 Å². The van der Waals surface area contributed by atoms with Gasteiger partial charge in [-0.1, -0.05) is 12.1 Å². The fraction of sp³-hybridized carbons (Fsp3) is 0.190. The van der Waals surface area contributed by atoms with Crippen LogP contribution in [0.1, 0.15) is 18.1 Å². The minimum Gasteiger partial charge on any atom is -0.493 e. The lowest BCUT2D eigenvalue weighted by atomic mass is 10.1. The van der Waals surface area contributed by atoms with Crippen molar-refractivity contribution in [2.45, 2.75) is 19.8 Å². The highest BCUT2D eigenvalue weighted by Gasteiger charge is 2.14. The Morgan fingerprint density at radius 3 is 2.75 bits per heavy atom. The zero-order valence-corrected chi connectivity index (χ0v) is 16.1. The molecular weight excluding hydrogens is 374 g/mol. The summed E-state index contributed by atoms with van der Waals surface area (Å²) >= 11 is 1.40. The molecule has 0 saturated carbocycles. The summed E-state index contributed by atoms with van der Waals surface area (Å²) < 4.78 is 5.53. The Balaban J connectivity index is 1.38. The van der Waals surface area contributed by atoms with Crippen LogP contribution in [-0.2, 0) is 22.4 Å². The molecule has 142 valence electrons. The van der Waals surface area contributed by atoms with Crippen molar-refractivity contribution >= 4 is 34.0 Å². The second-order valence-electron chi connectivity index (χ2n) is 6.56. The molecule has 0 saturated heterocycles. The summed E-state index contributed by atoms with van der Waals surface area (Å²) in [5.74, 6) is 0.688. The number of thiazole rings is 1. The first-order chi connectivity index (χ1) is 13.6. The summed E-state index contributed by atoms with van der Waals surface area (Å²) in [5.41, 5.74) is 4.63. The molecule has 3 aromatic rings. The Morgan fingerprint density at radius 2 is 1.96 bits per heavy atom. The molecule has 4 rings (SSSR count). The quantitative estimate of drug-likeness (QED) is 0.689. The molecule has 0 radical (unpaired) electrons. The Labute approximate surface area is 166 Å². The molecule has 0 atom stereocenters. The number of anilines is 2. The van der Waals surface area contributed by atoms with Gasteiger partial charge in [-0.25, -0.2) is 4.98 Å². The first-order valence-corrected chi connectivity index (χ1v) is 9.83. The topological polar surface area (TPSA) is 80.3 Å². The van der Waals surface area contributed by atoms with Crippen molar-refractivity contribution in [1.29, 1.82) is 0 Å².